The molecule has 0 aliphatic heterocycles. The predicted molar refractivity (Wildman–Crippen MR) is 103 cm³/mol. The van der Waals surface area contributed by atoms with Gasteiger partial charge in [-0.05, 0) is 50.1 Å². The van der Waals surface area contributed by atoms with Gasteiger partial charge in [0.2, 0.25) is 0 Å². The van der Waals surface area contributed by atoms with Crippen molar-refractivity contribution in [1.82, 2.24) is 5.32 Å². The predicted octanol–water partition coefficient (Wildman–Crippen LogP) is 5.87. The molecule has 5 heteroatoms. The zero-order chi connectivity index (χ0) is 16.3. The van der Waals surface area contributed by atoms with Gasteiger partial charge in [-0.15, -0.1) is 15.8 Å². The van der Waals surface area contributed by atoms with E-state index >= 15 is 0 Å². The monoisotopic (exact) mass is 533 g/mol. The third-order valence-corrected chi connectivity index (χ3v) is 9.40. The van der Waals surface area contributed by atoms with Crippen LogP contribution in [0.25, 0.3) is 0 Å². The van der Waals surface area contributed by atoms with Gasteiger partial charge in [0.25, 0.3) is 0 Å². The third kappa shape index (κ3) is 17.9. The van der Waals surface area contributed by atoms with Crippen molar-refractivity contribution in [3.8, 4) is 0 Å². The molecule has 0 saturated carbocycles. The molecule has 0 bridgehead atoms. The number of hydrogen-bond acceptors (Lipinski definition) is 1. The van der Waals surface area contributed by atoms with E-state index in [1.165, 1.54) is 93.6 Å². The van der Waals surface area contributed by atoms with Crippen molar-refractivity contribution < 1.29 is 17.9 Å². The fraction of sp³-hybridized carbons (Fsp3) is 1.00. The molecule has 0 aromatic heterocycles. The van der Waals surface area contributed by atoms with E-state index in [4.69, 9.17) is 0 Å². The zero-order valence-electron chi connectivity index (χ0n) is 14.6. The Hall–Kier alpha value is 1.76. The molecule has 0 rings (SSSR count). The number of hydrogen-bond donors (Lipinski definition) is 1. The van der Waals surface area contributed by atoms with Gasteiger partial charge in [-0.25, -0.2) is 0 Å². The quantitative estimate of drug-likeness (QED) is 0.218. The molecule has 0 amide bonds. The van der Waals surface area contributed by atoms with Crippen molar-refractivity contribution in [3.63, 3.8) is 0 Å². The molecule has 132 valence electrons. The topological polar surface area (TPSA) is 12.0 Å². The van der Waals surface area contributed by atoms with Gasteiger partial charge in [0.15, 0.2) is 0 Å². The van der Waals surface area contributed by atoms with Crippen molar-refractivity contribution in [3.05, 3.63) is 0 Å². The molecule has 0 saturated heterocycles. The Kier molecular flexibility index (Phi) is 25.9. The molecule has 0 heterocycles. The summed E-state index contributed by atoms with van der Waals surface area (Å²) in [5.74, 6) is 0. The average molecular weight is 533 g/mol. The van der Waals surface area contributed by atoms with E-state index < -0.39 is 0 Å². The normalized spacial score (nSPS) is 10.9. The number of rotatable bonds is 14. The van der Waals surface area contributed by atoms with Crippen LogP contribution in [-0.4, -0.2) is 50.1 Å². The van der Waals surface area contributed by atoms with Gasteiger partial charge in [-0.1, -0.05) is 53.4 Å². The van der Waals surface area contributed by atoms with Crippen LogP contribution in [0.5, 0.6) is 0 Å². The van der Waals surface area contributed by atoms with Crippen LogP contribution in [0.15, 0.2) is 0 Å². The summed E-state index contributed by atoms with van der Waals surface area (Å²) >= 11 is 1.47. The molecular weight excluding hydrogens is 496 g/mol. The van der Waals surface area contributed by atoms with E-state index in [1.54, 1.807) is 0 Å². The van der Waals surface area contributed by atoms with Crippen molar-refractivity contribution in [2.24, 2.45) is 0 Å². The van der Waals surface area contributed by atoms with Gasteiger partial charge >= 0.3 is 27.5 Å². The average Bonchev–Trinajstić information content (AvgIpc) is 2.49. The second-order valence-corrected chi connectivity index (χ2v) is 10.8. The Bertz CT molecular complexity index is 158. The van der Waals surface area contributed by atoms with Crippen LogP contribution in [0.4, 0.5) is 0 Å². The molecule has 21 heavy (non-hydrogen) atoms. The van der Waals surface area contributed by atoms with Gasteiger partial charge in [0, 0.05) is 0 Å². The van der Waals surface area contributed by atoms with Crippen molar-refractivity contribution in [2.45, 2.75) is 53.4 Å². The molecule has 0 aliphatic rings. The first kappa shape index (κ1) is 25.0. The fourth-order valence-corrected chi connectivity index (χ4v) is 7.36. The molecule has 0 fully saturated rings. The van der Waals surface area contributed by atoms with E-state index in [-0.39, 0.29) is 0 Å². The van der Waals surface area contributed by atoms with Crippen molar-refractivity contribution >= 4 is 25.4 Å². The molecule has 0 aromatic carbocycles. The van der Waals surface area contributed by atoms with Crippen LogP contribution in [0.1, 0.15) is 53.4 Å². The minimum atomic E-state index is 0.337. The van der Waals surface area contributed by atoms with Crippen LogP contribution in [0.3, 0.4) is 0 Å². The Morgan fingerprint density at radius 3 is 1.14 bits per heavy atom. The third-order valence-electron chi connectivity index (χ3n) is 3.37. The minimum absolute atomic E-state index is 0.337. The van der Waals surface area contributed by atoms with Gasteiger partial charge in [-0.3, -0.25) is 0 Å². The van der Waals surface area contributed by atoms with Crippen LogP contribution >= 0.6 is 25.4 Å². The van der Waals surface area contributed by atoms with Crippen LogP contribution in [0, 0.1) is 0 Å². The Morgan fingerprint density at radius 2 is 0.905 bits per heavy atom. The molecule has 1 nitrogen and oxygen atoms in total. The molecule has 0 atom stereocenters. The van der Waals surface area contributed by atoms with Crippen LogP contribution in [-0.2, 0) is 17.9 Å². The molecule has 0 spiro atoms. The fourth-order valence-electron chi connectivity index (χ4n) is 2.54. The molecule has 0 aliphatic carbocycles. The summed E-state index contributed by atoms with van der Waals surface area (Å²) in [5.41, 5.74) is 0. The molecule has 0 radical (unpaired) electrons. The Labute approximate surface area is 151 Å². The summed E-state index contributed by atoms with van der Waals surface area (Å²) in [6.07, 6.45) is 14.4. The first-order valence-corrected chi connectivity index (χ1v) is 15.3. The first-order chi connectivity index (χ1) is 10.3. The molecule has 0 aromatic rings. The second kappa shape index (κ2) is 21.8. The summed E-state index contributed by atoms with van der Waals surface area (Å²) < 4.78 is 0. The Morgan fingerprint density at radius 1 is 0.619 bits per heavy atom. The molecular formula is C16H37ClIrNP2. The first-order valence-electron chi connectivity index (χ1n) is 8.56. The molecule has 1 N–H and O–H groups in total. The standard InChI is InChI=1S/C16H37NP2.ClH.Ir/c1-5-11-18(12-6-2)15-9-17-10-16-19(13-7-3)14-8-4;;/h17H,5-16H2,1-4H3;1H;/q;;+1/p-1. The number of halogens is 1. The Balaban J connectivity index is 0. The summed E-state index contributed by atoms with van der Waals surface area (Å²) in [5, 5.41) is 3.71. The van der Waals surface area contributed by atoms with Crippen LogP contribution < -0.4 is 5.32 Å². The van der Waals surface area contributed by atoms with Gasteiger partial charge in [0.1, 0.15) is 0 Å². The van der Waals surface area contributed by atoms with E-state index in [0.717, 1.165) is 0 Å². The van der Waals surface area contributed by atoms with Crippen molar-refractivity contribution in [1.29, 1.82) is 0 Å². The van der Waals surface area contributed by atoms with Gasteiger partial charge in [0.05, 0.1) is 0 Å². The second-order valence-electron chi connectivity index (χ2n) is 5.43. The van der Waals surface area contributed by atoms with Gasteiger partial charge in [-0.2, -0.15) is 0 Å². The van der Waals surface area contributed by atoms with E-state index in [0.29, 0.717) is 15.8 Å². The molecule has 0 unspecified atom stereocenters. The van der Waals surface area contributed by atoms with E-state index in [9.17, 15) is 0 Å². The summed E-state index contributed by atoms with van der Waals surface area (Å²) in [6.45, 7) is 11.9. The SMILES string of the molecule is CCCP(CCC)CCNCCP(CCC)CCC.[Cl][Ir]. The maximum absolute atomic E-state index is 4.64. The van der Waals surface area contributed by atoms with Crippen molar-refractivity contribution in [2.75, 3.05) is 50.1 Å². The number of nitrogens with one attached hydrogen (secondary N) is 1. The summed E-state index contributed by atoms with van der Waals surface area (Å²) in [6, 6.07) is 0. The maximum atomic E-state index is 4.64. The zero-order valence-corrected chi connectivity index (χ0v) is 19.5. The van der Waals surface area contributed by atoms with Gasteiger partial charge < -0.3 is 5.32 Å². The summed E-state index contributed by atoms with van der Waals surface area (Å²) in [7, 11) is 5.31. The summed E-state index contributed by atoms with van der Waals surface area (Å²) in [4.78, 5) is 0. The van der Waals surface area contributed by atoms with E-state index in [1.807, 2.05) is 0 Å². The van der Waals surface area contributed by atoms with E-state index in [2.05, 4.69) is 42.6 Å². The van der Waals surface area contributed by atoms with Crippen LogP contribution in [0.2, 0.25) is 0 Å².